The summed E-state index contributed by atoms with van der Waals surface area (Å²) in [6.45, 7) is 8.28. The van der Waals surface area contributed by atoms with Crippen LogP contribution in [0.15, 0.2) is 24.3 Å². The number of halogens is 1. The number of ether oxygens (including phenoxy) is 1. The smallest absolute Gasteiger partial charge is 0.236 e. The van der Waals surface area contributed by atoms with Crippen LogP contribution in [-0.4, -0.2) is 77.9 Å². The topological polar surface area (TPSA) is 53.1 Å². The zero-order valence-electron chi connectivity index (χ0n) is 17.3. The van der Waals surface area contributed by atoms with Crippen LogP contribution in [0.5, 0.6) is 0 Å². The summed E-state index contributed by atoms with van der Waals surface area (Å²) in [5.41, 5.74) is 0.742. The van der Waals surface area contributed by atoms with Gasteiger partial charge in [-0.1, -0.05) is 29.8 Å². The van der Waals surface area contributed by atoms with Crippen LogP contribution in [-0.2, 0) is 14.3 Å². The first-order valence-electron chi connectivity index (χ1n) is 10.5. The Hall–Kier alpha value is -1.63. The van der Waals surface area contributed by atoms with E-state index in [4.69, 9.17) is 16.3 Å². The summed E-state index contributed by atoms with van der Waals surface area (Å²) in [7, 11) is 0. The van der Waals surface area contributed by atoms with E-state index in [0.717, 1.165) is 18.4 Å². The number of carbonyl (C=O) groups excluding carboxylic acids is 2. The molecule has 2 amide bonds. The second kappa shape index (κ2) is 8.25. The van der Waals surface area contributed by atoms with Crippen LogP contribution >= 0.6 is 11.6 Å². The van der Waals surface area contributed by atoms with Gasteiger partial charge in [-0.25, -0.2) is 0 Å². The van der Waals surface area contributed by atoms with Crippen molar-refractivity contribution in [3.63, 3.8) is 0 Å². The zero-order chi connectivity index (χ0) is 20.6. The summed E-state index contributed by atoms with van der Waals surface area (Å²) in [6, 6.07) is 7.73. The molecule has 2 saturated heterocycles. The van der Waals surface area contributed by atoms with E-state index in [0.29, 0.717) is 50.9 Å². The number of hydrogen-bond acceptors (Lipinski definition) is 4. The predicted molar refractivity (Wildman–Crippen MR) is 112 cm³/mol. The molecule has 0 bridgehead atoms. The van der Waals surface area contributed by atoms with Crippen molar-refractivity contribution in [2.45, 2.75) is 38.3 Å². The van der Waals surface area contributed by atoms with Gasteiger partial charge >= 0.3 is 0 Å². The van der Waals surface area contributed by atoms with Crippen LogP contribution in [0, 0.1) is 5.92 Å². The van der Waals surface area contributed by atoms with E-state index < -0.39 is 0 Å². The molecule has 0 unspecified atom stereocenters. The number of nitrogens with zero attached hydrogens (tertiary/aromatic N) is 3. The molecule has 1 aromatic rings. The minimum absolute atomic E-state index is 0.122. The molecular weight excluding hydrogens is 390 g/mol. The quantitative estimate of drug-likeness (QED) is 0.752. The summed E-state index contributed by atoms with van der Waals surface area (Å²) >= 11 is 6.36. The molecule has 158 valence electrons. The summed E-state index contributed by atoms with van der Waals surface area (Å²) in [5.74, 6) is 0.638. The maximum atomic E-state index is 13.0. The van der Waals surface area contributed by atoms with Crippen LogP contribution in [0.2, 0.25) is 5.02 Å². The second-order valence-electron chi connectivity index (χ2n) is 8.99. The third-order valence-electron chi connectivity index (χ3n) is 6.33. The van der Waals surface area contributed by atoms with E-state index >= 15 is 0 Å². The average Bonchev–Trinajstić information content (AvgIpc) is 3.55. The highest BCUT2D eigenvalue weighted by Crippen LogP contribution is 2.34. The fourth-order valence-corrected chi connectivity index (χ4v) is 4.38. The molecule has 1 aromatic carbocycles. The summed E-state index contributed by atoms with van der Waals surface area (Å²) < 4.78 is 6.09. The van der Waals surface area contributed by atoms with Gasteiger partial charge in [-0.05, 0) is 32.8 Å². The lowest BCUT2D eigenvalue weighted by molar-refractivity contribution is -0.146. The number of piperazine rings is 1. The molecule has 0 N–H and O–H groups in total. The molecule has 1 atom stereocenters. The summed E-state index contributed by atoms with van der Waals surface area (Å²) in [4.78, 5) is 31.3. The molecule has 0 spiro atoms. The van der Waals surface area contributed by atoms with E-state index in [1.54, 1.807) is 0 Å². The van der Waals surface area contributed by atoms with E-state index in [9.17, 15) is 9.59 Å². The highest BCUT2D eigenvalue weighted by Gasteiger charge is 2.39. The Kier molecular flexibility index (Phi) is 5.87. The molecule has 4 rings (SSSR count). The van der Waals surface area contributed by atoms with Crippen LogP contribution in [0.4, 0.5) is 0 Å². The van der Waals surface area contributed by atoms with Gasteiger partial charge in [-0.15, -0.1) is 0 Å². The van der Waals surface area contributed by atoms with Gasteiger partial charge in [0.1, 0.15) is 0 Å². The highest BCUT2D eigenvalue weighted by atomic mass is 35.5. The van der Waals surface area contributed by atoms with Gasteiger partial charge in [-0.3, -0.25) is 14.5 Å². The summed E-state index contributed by atoms with van der Waals surface area (Å²) in [6.07, 6.45) is 1.91. The van der Waals surface area contributed by atoms with Crippen molar-refractivity contribution in [3.05, 3.63) is 34.9 Å². The Morgan fingerprint density at radius 1 is 1.10 bits per heavy atom. The maximum Gasteiger partial charge on any atom is 0.236 e. The number of rotatable bonds is 4. The molecule has 3 aliphatic rings. The van der Waals surface area contributed by atoms with Gasteiger partial charge in [-0.2, -0.15) is 0 Å². The fraction of sp³-hybridized carbons (Fsp3) is 0.636. The molecule has 6 nitrogen and oxygen atoms in total. The number of morpholine rings is 1. The predicted octanol–water partition coefficient (Wildman–Crippen LogP) is 2.57. The molecule has 0 radical (unpaired) electrons. The van der Waals surface area contributed by atoms with Gasteiger partial charge in [0, 0.05) is 54.8 Å². The Bertz CT molecular complexity index is 772. The first-order valence-corrected chi connectivity index (χ1v) is 10.9. The van der Waals surface area contributed by atoms with Crippen LogP contribution in [0.1, 0.15) is 38.4 Å². The van der Waals surface area contributed by atoms with Crippen LogP contribution < -0.4 is 0 Å². The highest BCUT2D eigenvalue weighted by molar-refractivity contribution is 6.31. The first kappa shape index (κ1) is 20.6. The van der Waals surface area contributed by atoms with E-state index in [1.165, 1.54) is 0 Å². The minimum atomic E-state index is -0.225. The standard InChI is InChI=1S/C22H30ClN3O3/c1-22(2)15-29-19(17-5-3-4-6-18(17)23)13-26(22)14-20(27)24-9-11-25(12-10-24)21(28)16-7-8-16/h3-6,16,19H,7-15H2,1-2H3/t19-/m1/s1. The molecule has 3 fully saturated rings. The number of benzene rings is 1. The zero-order valence-corrected chi connectivity index (χ0v) is 18.0. The normalized spacial score (nSPS) is 25.1. The largest absolute Gasteiger partial charge is 0.370 e. The van der Waals surface area contributed by atoms with E-state index in [2.05, 4.69) is 18.7 Å². The third-order valence-corrected chi connectivity index (χ3v) is 6.67. The first-order chi connectivity index (χ1) is 13.8. The van der Waals surface area contributed by atoms with Crippen molar-refractivity contribution < 1.29 is 14.3 Å². The molecule has 1 saturated carbocycles. The second-order valence-corrected chi connectivity index (χ2v) is 9.40. The lowest BCUT2D eigenvalue weighted by Gasteiger charge is -2.46. The van der Waals surface area contributed by atoms with Gasteiger partial charge in [0.2, 0.25) is 11.8 Å². The SMILES string of the molecule is CC1(C)CO[C@@H](c2ccccc2Cl)CN1CC(=O)N1CCN(C(=O)C2CC2)CC1. The van der Waals surface area contributed by atoms with E-state index in [-0.39, 0.29) is 29.4 Å². The Morgan fingerprint density at radius 2 is 1.76 bits per heavy atom. The lowest BCUT2D eigenvalue weighted by Crippen LogP contribution is -2.58. The average molecular weight is 420 g/mol. The van der Waals surface area contributed by atoms with Crippen molar-refractivity contribution >= 4 is 23.4 Å². The fourth-order valence-electron chi connectivity index (χ4n) is 4.13. The molecule has 2 aliphatic heterocycles. The number of carbonyl (C=O) groups is 2. The van der Waals surface area contributed by atoms with Gasteiger partial charge in [0.25, 0.3) is 0 Å². The number of amides is 2. The van der Waals surface area contributed by atoms with E-state index in [1.807, 2.05) is 34.1 Å². The number of hydrogen-bond donors (Lipinski definition) is 0. The lowest BCUT2D eigenvalue weighted by atomic mass is 9.98. The molecule has 0 aromatic heterocycles. The van der Waals surface area contributed by atoms with Crippen molar-refractivity contribution in [2.24, 2.45) is 5.92 Å². The van der Waals surface area contributed by atoms with Gasteiger partial charge in [0.15, 0.2) is 0 Å². The van der Waals surface area contributed by atoms with Crippen LogP contribution in [0.25, 0.3) is 0 Å². The Balaban J connectivity index is 1.36. The van der Waals surface area contributed by atoms with Crippen molar-refractivity contribution in [1.82, 2.24) is 14.7 Å². The molecule has 7 heteroatoms. The molecular formula is C22H30ClN3O3. The van der Waals surface area contributed by atoms with Gasteiger partial charge in [0.05, 0.1) is 19.3 Å². The van der Waals surface area contributed by atoms with Gasteiger partial charge < -0.3 is 14.5 Å². The Labute approximate surface area is 177 Å². The minimum Gasteiger partial charge on any atom is -0.370 e. The van der Waals surface area contributed by atoms with Crippen molar-refractivity contribution in [3.8, 4) is 0 Å². The molecule has 2 heterocycles. The molecule has 29 heavy (non-hydrogen) atoms. The maximum absolute atomic E-state index is 13.0. The third kappa shape index (κ3) is 4.60. The summed E-state index contributed by atoms with van der Waals surface area (Å²) in [5, 5.41) is 0.694. The van der Waals surface area contributed by atoms with Crippen molar-refractivity contribution in [1.29, 1.82) is 0 Å². The monoisotopic (exact) mass is 419 g/mol. The van der Waals surface area contributed by atoms with Crippen LogP contribution in [0.3, 0.4) is 0 Å². The Morgan fingerprint density at radius 3 is 2.41 bits per heavy atom. The van der Waals surface area contributed by atoms with Crippen molar-refractivity contribution in [2.75, 3.05) is 45.9 Å². The molecule has 1 aliphatic carbocycles.